The number of benzene rings is 1. The predicted octanol–water partition coefficient (Wildman–Crippen LogP) is 2.22. The maximum absolute atomic E-state index is 11.4. The van der Waals surface area contributed by atoms with Gasteiger partial charge in [-0.2, -0.15) is 0 Å². The molecule has 0 bridgehead atoms. The van der Waals surface area contributed by atoms with E-state index in [9.17, 15) is 8.42 Å². The maximum atomic E-state index is 11.4. The molecule has 2 nitrogen and oxygen atoms in total. The van der Waals surface area contributed by atoms with Gasteiger partial charge in [0.15, 0.2) is 0 Å². The second-order valence-corrected chi connectivity index (χ2v) is 7.05. The molecule has 0 aliphatic heterocycles. The lowest BCUT2D eigenvalue weighted by Gasteiger charge is -2.03. The first-order valence-corrected chi connectivity index (χ1v) is 8.41. The summed E-state index contributed by atoms with van der Waals surface area (Å²) in [7, 11) is -1.51. The number of hydrogen-bond donors (Lipinski definition) is 0. The molecule has 0 spiro atoms. The van der Waals surface area contributed by atoms with Crippen molar-refractivity contribution in [3.05, 3.63) is 35.4 Å². The first-order chi connectivity index (χ1) is 7.65. The fourth-order valence-corrected chi connectivity index (χ4v) is 2.84. The van der Waals surface area contributed by atoms with Gasteiger partial charge in [0.05, 0.1) is 0 Å². The zero-order valence-corrected chi connectivity index (χ0v) is 11.4. The quantitative estimate of drug-likeness (QED) is 0.784. The topological polar surface area (TPSA) is 34.1 Å². The molecule has 16 heavy (non-hydrogen) atoms. The van der Waals surface area contributed by atoms with Crippen molar-refractivity contribution < 1.29 is 8.42 Å². The fraction of sp³-hybridized carbons (Fsp3) is 0.500. The molecular weight excluding hydrogens is 240 g/mol. The Labute approximate surface area is 102 Å². The Morgan fingerprint density at radius 2 is 1.12 bits per heavy atom. The summed E-state index contributed by atoms with van der Waals surface area (Å²) in [4.78, 5) is 0. The average Bonchev–Trinajstić information content (AvgIpc) is 2.31. The summed E-state index contributed by atoms with van der Waals surface area (Å²) in [6.07, 6.45) is 0. The molecule has 0 heterocycles. The molecule has 1 aromatic carbocycles. The lowest BCUT2D eigenvalue weighted by atomic mass is 10.2. The molecular formula is C12H18O2S2. The predicted molar refractivity (Wildman–Crippen MR) is 71.2 cm³/mol. The van der Waals surface area contributed by atoms with Gasteiger partial charge in [-0.25, -0.2) is 0 Å². The Kier molecular flexibility index (Phi) is 5.91. The third-order valence-electron chi connectivity index (χ3n) is 2.32. The van der Waals surface area contributed by atoms with Crippen LogP contribution in [-0.4, -0.2) is 19.9 Å². The van der Waals surface area contributed by atoms with E-state index in [0.29, 0.717) is 23.0 Å². The molecule has 0 radical (unpaired) electrons. The molecule has 2 unspecified atom stereocenters. The van der Waals surface area contributed by atoms with E-state index in [4.69, 9.17) is 0 Å². The lowest BCUT2D eigenvalue weighted by molar-refractivity contribution is 0.682. The van der Waals surface area contributed by atoms with Crippen molar-refractivity contribution in [1.29, 1.82) is 0 Å². The highest BCUT2D eigenvalue weighted by Gasteiger charge is 2.01. The van der Waals surface area contributed by atoms with Crippen LogP contribution in [0.2, 0.25) is 0 Å². The maximum Gasteiger partial charge on any atom is 0.0485 e. The summed E-state index contributed by atoms with van der Waals surface area (Å²) in [5, 5.41) is 0. The average molecular weight is 258 g/mol. The Hall–Kier alpha value is -0.480. The summed E-state index contributed by atoms with van der Waals surface area (Å²) in [6, 6.07) is 7.93. The van der Waals surface area contributed by atoms with Gasteiger partial charge >= 0.3 is 0 Å². The van der Waals surface area contributed by atoms with Crippen LogP contribution in [0.1, 0.15) is 25.0 Å². The third kappa shape index (κ3) is 4.58. The summed E-state index contributed by atoms with van der Waals surface area (Å²) in [5.74, 6) is 2.63. The molecule has 4 heteroatoms. The number of rotatable bonds is 6. The second-order valence-electron chi connectivity index (χ2n) is 3.56. The van der Waals surface area contributed by atoms with E-state index in [1.807, 2.05) is 38.1 Å². The molecule has 0 aliphatic rings. The van der Waals surface area contributed by atoms with Gasteiger partial charge < -0.3 is 0 Å². The van der Waals surface area contributed by atoms with Crippen molar-refractivity contribution in [3.63, 3.8) is 0 Å². The minimum Gasteiger partial charge on any atom is -0.259 e. The van der Waals surface area contributed by atoms with Crippen molar-refractivity contribution in [2.75, 3.05) is 11.5 Å². The van der Waals surface area contributed by atoms with Gasteiger partial charge in [-0.1, -0.05) is 38.1 Å². The molecule has 0 N–H and O–H groups in total. The van der Waals surface area contributed by atoms with Crippen molar-refractivity contribution >= 4 is 21.6 Å². The van der Waals surface area contributed by atoms with Crippen molar-refractivity contribution in [3.8, 4) is 0 Å². The van der Waals surface area contributed by atoms with Crippen LogP contribution in [0, 0.1) is 0 Å². The van der Waals surface area contributed by atoms with Gasteiger partial charge in [0.1, 0.15) is 0 Å². The van der Waals surface area contributed by atoms with Gasteiger partial charge in [-0.05, 0) is 11.1 Å². The Balaban J connectivity index is 2.60. The van der Waals surface area contributed by atoms with E-state index in [0.717, 1.165) is 11.1 Å². The van der Waals surface area contributed by atoms with Crippen LogP contribution >= 0.6 is 0 Å². The smallest absolute Gasteiger partial charge is 0.0485 e. The molecule has 0 amide bonds. The molecule has 0 aliphatic carbocycles. The van der Waals surface area contributed by atoms with Crippen molar-refractivity contribution in [1.82, 2.24) is 0 Å². The number of hydrogen-bond acceptors (Lipinski definition) is 2. The van der Waals surface area contributed by atoms with Gasteiger partial charge in [0.2, 0.25) is 0 Å². The van der Waals surface area contributed by atoms with Gasteiger partial charge in [-0.15, -0.1) is 0 Å². The summed E-state index contributed by atoms with van der Waals surface area (Å²) in [6.45, 7) is 3.85. The van der Waals surface area contributed by atoms with E-state index < -0.39 is 21.6 Å². The van der Waals surface area contributed by atoms with Crippen LogP contribution in [0.25, 0.3) is 0 Å². The van der Waals surface area contributed by atoms with Gasteiger partial charge in [0.25, 0.3) is 0 Å². The zero-order valence-electron chi connectivity index (χ0n) is 9.77. The van der Waals surface area contributed by atoms with Crippen LogP contribution in [0.5, 0.6) is 0 Å². The van der Waals surface area contributed by atoms with Crippen molar-refractivity contribution in [2.24, 2.45) is 0 Å². The minimum atomic E-state index is -0.757. The summed E-state index contributed by atoms with van der Waals surface area (Å²) >= 11 is 0. The van der Waals surface area contributed by atoms with Gasteiger partial charge in [-0.3, -0.25) is 8.42 Å². The first-order valence-electron chi connectivity index (χ1n) is 5.43. The molecule has 1 aromatic rings. The van der Waals surface area contributed by atoms with Gasteiger partial charge in [0, 0.05) is 44.6 Å². The highest BCUT2D eigenvalue weighted by Crippen LogP contribution is 2.09. The minimum absolute atomic E-state index is 0.619. The molecule has 1 rings (SSSR count). The Bertz CT molecular complexity index is 334. The van der Waals surface area contributed by atoms with E-state index in [-0.39, 0.29) is 0 Å². The fourth-order valence-electron chi connectivity index (χ4n) is 1.31. The van der Waals surface area contributed by atoms with E-state index in [2.05, 4.69) is 0 Å². The van der Waals surface area contributed by atoms with Crippen LogP contribution in [0.4, 0.5) is 0 Å². The van der Waals surface area contributed by atoms with Crippen LogP contribution in [0.15, 0.2) is 24.3 Å². The van der Waals surface area contributed by atoms with Crippen LogP contribution in [0.3, 0.4) is 0 Å². The summed E-state index contributed by atoms with van der Waals surface area (Å²) < 4.78 is 22.7. The molecule has 0 saturated carbocycles. The van der Waals surface area contributed by atoms with E-state index in [1.54, 1.807) is 0 Å². The highest BCUT2D eigenvalue weighted by molar-refractivity contribution is 7.84. The normalized spacial score (nSPS) is 14.6. The Morgan fingerprint density at radius 3 is 1.38 bits per heavy atom. The monoisotopic (exact) mass is 258 g/mol. The molecule has 0 aromatic heterocycles. The SMILES string of the molecule is CCS(=O)Cc1ccc(CS(=O)CC)cc1. The standard InChI is InChI=1S/C12H18O2S2/c1-3-15(13)9-11-5-7-12(8-6-11)10-16(14)4-2/h5-8H,3-4,9-10H2,1-2H3. The highest BCUT2D eigenvalue weighted by atomic mass is 32.2. The van der Waals surface area contributed by atoms with Crippen LogP contribution < -0.4 is 0 Å². The van der Waals surface area contributed by atoms with E-state index >= 15 is 0 Å². The lowest BCUT2D eigenvalue weighted by Crippen LogP contribution is -2.00. The molecule has 0 fully saturated rings. The molecule has 90 valence electrons. The van der Waals surface area contributed by atoms with Crippen molar-refractivity contribution in [2.45, 2.75) is 25.4 Å². The van der Waals surface area contributed by atoms with Crippen LogP contribution in [-0.2, 0) is 33.1 Å². The Morgan fingerprint density at radius 1 is 0.812 bits per heavy atom. The second kappa shape index (κ2) is 6.97. The first kappa shape index (κ1) is 13.6. The third-order valence-corrected chi connectivity index (χ3v) is 4.92. The largest absolute Gasteiger partial charge is 0.259 e. The molecule has 2 atom stereocenters. The summed E-state index contributed by atoms with van der Waals surface area (Å²) in [5.41, 5.74) is 2.18. The van der Waals surface area contributed by atoms with E-state index in [1.165, 1.54) is 0 Å². The molecule has 0 saturated heterocycles. The zero-order chi connectivity index (χ0) is 12.0.